The summed E-state index contributed by atoms with van der Waals surface area (Å²) >= 11 is 0. The molecule has 1 aromatic carbocycles. The molecule has 8 nitrogen and oxygen atoms in total. The maximum Gasteiger partial charge on any atom is 0.253 e. The van der Waals surface area contributed by atoms with E-state index in [0.717, 1.165) is 24.1 Å². The Labute approximate surface area is 152 Å². The van der Waals surface area contributed by atoms with Gasteiger partial charge in [0.25, 0.3) is 5.91 Å². The zero-order valence-corrected chi connectivity index (χ0v) is 14.9. The molecule has 0 spiro atoms. The molecule has 1 saturated heterocycles. The first-order chi connectivity index (χ1) is 12.6. The van der Waals surface area contributed by atoms with E-state index in [-0.39, 0.29) is 17.7 Å². The Morgan fingerprint density at radius 2 is 2.23 bits per heavy atom. The molecule has 1 aliphatic heterocycles. The predicted octanol–water partition coefficient (Wildman–Crippen LogP) is 0.503. The number of nitrogens with two attached hydrogens (primary N) is 1. The Morgan fingerprint density at radius 3 is 2.92 bits per heavy atom. The fraction of sp³-hybridized carbons (Fsp3) is 0.444. The Kier molecular flexibility index (Phi) is 5.62. The maximum atomic E-state index is 12.9. The molecule has 1 aromatic heterocycles. The number of nitrogens with zero attached hydrogens (tertiary/aromatic N) is 4. The lowest BCUT2D eigenvalue weighted by atomic mass is 9.96. The van der Waals surface area contributed by atoms with Gasteiger partial charge >= 0.3 is 0 Å². The van der Waals surface area contributed by atoms with Gasteiger partial charge < -0.3 is 16.0 Å². The van der Waals surface area contributed by atoms with Crippen LogP contribution in [-0.4, -0.2) is 57.7 Å². The van der Waals surface area contributed by atoms with Gasteiger partial charge in [-0.2, -0.15) is 5.10 Å². The summed E-state index contributed by atoms with van der Waals surface area (Å²) < 4.78 is 1.67. The van der Waals surface area contributed by atoms with Gasteiger partial charge in [-0.15, -0.1) is 0 Å². The highest BCUT2D eigenvalue weighted by Gasteiger charge is 2.28. The Hall–Kier alpha value is -2.74. The monoisotopic (exact) mass is 356 g/mol. The number of piperidine rings is 1. The van der Waals surface area contributed by atoms with E-state index in [0.29, 0.717) is 31.7 Å². The number of aryl methyl sites for hydroxylation is 1. The lowest BCUT2D eigenvalue weighted by molar-refractivity contribution is -0.126. The molecule has 0 bridgehead atoms. The second-order valence-corrected chi connectivity index (χ2v) is 6.51. The summed E-state index contributed by atoms with van der Waals surface area (Å²) in [7, 11) is 0. The van der Waals surface area contributed by atoms with E-state index in [1.165, 1.54) is 6.33 Å². The van der Waals surface area contributed by atoms with Crippen LogP contribution < -0.4 is 11.1 Å². The number of benzene rings is 1. The molecule has 2 amide bonds. The van der Waals surface area contributed by atoms with Crippen LogP contribution in [0.15, 0.2) is 30.9 Å². The molecule has 2 aromatic rings. The lowest BCUT2D eigenvalue weighted by Gasteiger charge is -2.32. The third-order valence-electron chi connectivity index (χ3n) is 4.63. The van der Waals surface area contributed by atoms with Gasteiger partial charge in [0.05, 0.1) is 11.6 Å². The number of hydrogen-bond donors (Lipinski definition) is 2. The summed E-state index contributed by atoms with van der Waals surface area (Å²) in [6.45, 7) is 3.93. The van der Waals surface area contributed by atoms with E-state index >= 15 is 0 Å². The van der Waals surface area contributed by atoms with Gasteiger partial charge in [-0.1, -0.05) is 0 Å². The molecule has 1 unspecified atom stereocenters. The van der Waals surface area contributed by atoms with Crippen molar-refractivity contribution in [1.82, 2.24) is 25.0 Å². The van der Waals surface area contributed by atoms with Gasteiger partial charge in [-0.3, -0.25) is 9.59 Å². The summed E-state index contributed by atoms with van der Waals surface area (Å²) in [5.41, 5.74) is 7.88. The van der Waals surface area contributed by atoms with Crippen LogP contribution in [0.2, 0.25) is 0 Å². The number of rotatable bonds is 5. The minimum atomic E-state index is -0.172. The molecule has 3 rings (SSSR count). The number of nitrogens with one attached hydrogen (secondary N) is 1. The van der Waals surface area contributed by atoms with Gasteiger partial charge in [0.1, 0.15) is 12.7 Å². The number of likely N-dealkylation sites (tertiary alicyclic amines) is 1. The van der Waals surface area contributed by atoms with Gasteiger partial charge in [0.2, 0.25) is 5.91 Å². The van der Waals surface area contributed by atoms with E-state index in [4.69, 9.17) is 5.73 Å². The molecule has 0 aliphatic carbocycles. The molecule has 138 valence electrons. The molecule has 0 saturated carbocycles. The molecular formula is C18H24N6O2. The Morgan fingerprint density at radius 1 is 1.38 bits per heavy atom. The predicted molar refractivity (Wildman–Crippen MR) is 96.8 cm³/mol. The Bertz CT molecular complexity index is 774. The largest absolute Gasteiger partial charge is 0.355 e. The SMILES string of the molecule is Cc1cc(C(=O)N2CCCC(C(=O)NCCN)C2)ccc1-n1cncn1. The van der Waals surface area contributed by atoms with Crippen molar-refractivity contribution in [3.63, 3.8) is 0 Å². The molecule has 1 atom stereocenters. The summed E-state index contributed by atoms with van der Waals surface area (Å²) in [6.07, 6.45) is 4.72. The minimum absolute atomic E-state index is 0.0225. The van der Waals surface area contributed by atoms with Crippen LogP contribution >= 0.6 is 0 Å². The molecule has 3 N–H and O–H groups in total. The van der Waals surface area contributed by atoms with E-state index in [1.54, 1.807) is 22.0 Å². The fourth-order valence-corrected chi connectivity index (χ4v) is 3.28. The molecule has 1 fully saturated rings. The van der Waals surface area contributed by atoms with Crippen LogP contribution in [0.4, 0.5) is 0 Å². The molecule has 0 radical (unpaired) electrons. The van der Waals surface area contributed by atoms with E-state index < -0.39 is 0 Å². The van der Waals surface area contributed by atoms with E-state index in [1.807, 2.05) is 19.1 Å². The zero-order valence-electron chi connectivity index (χ0n) is 14.9. The number of hydrogen-bond acceptors (Lipinski definition) is 5. The molecule has 8 heteroatoms. The van der Waals surface area contributed by atoms with Crippen LogP contribution in [0.25, 0.3) is 5.69 Å². The van der Waals surface area contributed by atoms with Gasteiger partial charge in [0.15, 0.2) is 0 Å². The Balaban J connectivity index is 1.70. The standard InChI is InChI=1S/C18H24N6O2/c1-13-9-14(4-5-16(13)24-12-20-11-22-24)18(26)23-8-2-3-15(10-23)17(25)21-7-6-19/h4-5,9,11-12,15H,2-3,6-8,10,19H2,1H3,(H,21,25). The van der Waals surface area contributed by atoms with Gasteiger partial charge in [0, 0.05) is 31.7 Å². The van der Waals surface area contributed by atoms with E-state index in [2.05, 4.69) is 15.4 Å². The third kappa shape index (κ3) is 3.91. The van der Waals surface area contributed by atoms with Crippen molar-refractivity contribution in [2.75, 3.05) is 26.2 Å². The second-order valence-electron chi connectivity index (χ2n) is 6.51. The van der Waals surface area contributed by atoms with Crippen molar-refractivity contribution in [2.45, 2.75) is 19.8 Å². The van der Waals surface area contributed by atoms with Crippen molar-refractivity contribution in [3.05, 3.63) is 42.0 Å². The second kappa shape index (κ2) is 8.09. The molecular weight excluding hydrogens is 332 g/mol. The highest BCUT2D eigenvalue weighted by molar-refractivity contribution is 5.95. The van der Waals surface area contributed by atoms with Crippen LogP contribution in [0, 0.1) is 12.8 Å². The van der Waals surface area contributed by atoms with Crippen LogP contribution in [0.1, 0.15) is 28.8 Å². The highest BCUT2D eigenvalue weighted by atomic mass is 16.2. The minimum Gasteiger partial charge on any atom is -0.355 e. The first kappa shape index (κ1) is 18.1. The summed E-state index contributed by atoms with van der Waals surface area (Å²) in [4.78, 5) is 30.8. The number of aromatic nitrogens is 3. The summed E-state index contributed by atoms with van der Waals surface area (Å²) in [6, 6.07) is 5.52. The quantitative estimate of drug-likeness (QED) is 0.812. The maximum absolute atomic E-state index is 12.9. The molecule has 26 heavy (non-hydrogen) atoms. The number of amides is 2. The zero-order chi connectivity index (χ0) is 18.5. The van der Waals surface area contributed by atoms with Crippen molar-refractivity contribution < 1.29 is 9.59 Å². The van der Waals surface area contributed by atoms with Gasteiger partial charge in [-0.05, 0) is 43.5 Å². The van der Waals surface area contributed by atoms with E-state index in [9.17, 15) is 9.59 Å². The normalized spacial score (nSPS) is 17.2. The number of carbonyl (C=O) groups is 2. The third-order valence-corrected chi connectivity index (χ3v) is 4.63. The average molecular weight is 356 g/mol. The van der Waals surface area contributed by atoms with Crippen LogP contribution in [-0.2, 0) is 4.79 Å². The first-order valence-corrected chi connectivity index (χ1v) is 8.83. The lowest BCUT2D eigenvalue weighted by Crippen LogP contribution is -2.46. The van der Waals surface area contributed by atoms with Crippen molar-refractivity contribution in [1.29, 1.82) is 0 Å². The average Bonchev–Trinajstić information content (AvgIpc) is 3.20. The molecule has 2 heterocycles. The van der Waals surface area contributed by atoms with Crippen molar-refractivity contribution >= 4 is 11.8 Å². The topological polar surface area (TPSA) is 106 Å². The highest BCUT2D eigenvalue weighted by Crippen LogP contribution is 2.21. The summed E-state index contributed by atoms with van der Waals surface area (Å²) in [5.74, 6) is -0.241. The van der Waals surface area contributed by atoms with Gasteiger partial charge in [-0.25, -0.2) is 9.67 Å². The summed E-state index contributed by atoms with van der Waals surface area (Å²) in [5, 5.41) is 6.94. The van der Waals surface area contributed by atoms with Crippen LogP contribution in [0.3, 0.4) is 0 Å². The van der Waals surface area contributed by atoms with Crippen LogP contribution in [0.5, 0.6) is 0 Å². The van der Waals surface area contributed by atoms with Crippen molar-refractivity contribution in [3.8, 4) is 5.69 Å². The van der Waals surface area contributed by atoms with Crippen molar-refractivity contribution in [2.24, 2.45) is 11.7 Å². The first-order valence-electron chi connectivity index (χ1n) is 8.83. The molecule has 1 aliphatic rings. The fourth-order valence-electron chi connectivity index (χ4n) is 3.28. The smallest absolute Gasteiger partial charge is 0.253 e. The number of carbonyl (C=O) groups excluding carboxylic acids is 2.